The Labute approximate surface area is 68.3 Å². The highest BCUT2D eigenvalue weighted by Gasteiger charge is 2.37. The van der Waals surface area contributed by atoms with E-state index in [0.29, 0.717) is 5.41 Å². The Morgan fingerprint density at radius 1 is 1.18 bits per heavy atom. The molecule has 0 heterocycles. The highest BCUT2D eigenvalue weighted by Crippen LogP contribution is 2.42. The summed E-state index contributed by atoms with van der Waals surface area (Å²) in [6.45, 7) is 6.41. The van der Waals surface area contributed by atoms with Gasteiger partial charge >= 0.3 is 0 Å². The van der Waals surface area contributed by atoms with Crippen molar-refractivity contribution in [3.05, 3.63) is 4.91 Å². The van der Waals surface area contributed by atoms with Crippen LogP contribution in [0.1, 0.15) is 46.5 Å². The number of rotatable bonds is 1. The zero-order chi connectivity index (χ0) is 8.54. The standard InChI is InChI=1S/C9H17NO/c1-8(2)5-4-6-9(3,7-8)10-11/h4-7H2,1-3H3. The first kappa shape index (κ1) is 8.69. The maximum Gasteiger partial charge on any atom is 0.100 e. The van der Waals surface area contributed by atoms with Crippen LogP contribution in [-0.2, 0) is 0 Å². The van der Waals surface area contributed by atoms with Gasteiger partial charge in [0.2, 0.25) is 0 Å². The molecule has 0 aromatic carbocycles. The molecule has 2 heteroatoms. The minimum absolute atomic E-state index is 0.276. The lowest BCUT2D eigenvalue weighted by atomic mass is 9.69. The van der Waals surface area contributed by atoms with Crippen molar-refractivity contribution in [2.24, 2.45) is 10.6 Å². The van der Waals surface area contributed by atoms with Crippen molar-refractivity contribution in [3.8, 4) is 0 Å². The van der Waals surface area contributed by atoms with Crippen LogP contribution < -0.4 is 0 Å². The fourth-order valence-electron chi connectivity index (χ4n) is 2.23. The topological polar surface area (TPSA) is 29.4 Å². The molecule has 0 radical (unpaired) electrons. The molecule has 1 aliphatic rings. The quantitative estimate of drug-likeness (QED) is 0.535. The lowest BCUT2D eigenvalue weighted by molar-refractivity contribution is 0.164. The van der Waals surface area contributed by atoms with Crippen LogP contribution in [0.5, 0.6) is 0 Å². The second-order valence-electron chi connectivity index (χ2n) is 4.78. The summed E-state index contributed by atoms with van der Waals surface area (Å²) >= 11 is 0. The van der Waals surface area contributed by atoms with E-state index in [1.165, 1.54) is 6.42 Å². The summed E-state index contributed by atoms with van der Waals surface area (Å²) in [7, 11) is 0. The predicted molar refractivity (Wildman–Crippen MR) is 46.4 cm³/mol. The Bertz CT molecular complexity index is 165. The second-order valence-corrected chi connectivity index (χ2v) is 4.78. The molecule has 0 aliphatic heterocycles. The van der Waals surface area contributed by atoms with E-state index in [1.54, 1.807) is 0 Å². The first-order valence-electron chi connectivity index (χ1n) is 4.32. The van der Waals surface area contributed by atoms with Gasteiger partial charge in [0, 0.05) is 0 Å². The molecule has 1 fully saturated rings. The number of nitroso groups, excluding NO2 is 1. The Balaban J connectivity index is 2.66. The number of nitrogens with zero attached hydrogens (tertiary/aromatic N) is 1. The van der Waals surface area contributed by atoms with Crippen molar-refractivity contribution in [1.29, 1.82) is 0 Å². The summed E-state index contributed by atoms with van der Waals surface area (Å²) in [5.41, 5.74) is 0.0443. The second kappa shape index (κ2) is 2.58. The van der Waals surface area contributed by atoms with Crippen LogP contribution in [0.2, 0.25) is 0 Å². The van der Waals surface area contributed by atoms with Crippen molar-refractivity contribution in [2.75, 3.05) is 0 Å². The molecule has 64 valence electrons. The SMILES string of the molecule is CC1(C)CCCC(C)(N=O)C1. The molecular weight excluding hydrogens is 138 g/mol. The Morgan fingerprint density at radius 3 is 2.18 bits per heavy atom. The fourth-order valence-corrected chi connectivity index (χ4v) is 2.23. The van der Waals surface area contributed by atoms with Gasteiger partial charge in [0.05, 0.1) is 0 Å². The Hall–Kier alpha value is -0.400. The van der Waals surface area contributed by atoms with E-state index in [2.05, 4.69) is 19.0 Å². The third kappa shape index (κ3) is 2.01. The van der Waals surface area contributed by atoms with Gasteiger partial charge in [-0.05, 0) is 31.6 Å². The van der Waals surface area contributed by atoms with Crippen LogP contribution in [0.3, 0.4) is 0 Å². The zero-order valence-electron chi connectivity index (χ0n) is 7.68. The van der Waals surface area contributed by atoms with E-state index in [9.17, 15) is 4.91 Å². The van der Waals surface area contributed by atoms with E-state index in [1.807, 2.05) is 6.92 Å². The molecule has 1 rings (SSSR count). The smallest absolute Gasteiger partial charge is 0.100 e. The summed E-state index contributed by atoms with van der Waals surface area (Å²) in [6.07, 6.45) is 4.30. The molecule has 0 aromatic heterocycles. The Kier molecular flexibility index (Phi) is 2.04. The van der Waals surface area contributed by atoms with Crippen LogP contribution in [0.25, 0.3) is 0 Å². The molecule has 1 saturated carbocycles. The average Bonchev–Trinajstić information content (AvgIpc) is 1.85. The van der Waals surface area contributed by atoms with Crippen molar-refractivity contribution in [2.45, 2.75) is 52.0 Å². The highest BCUT2D eigenvalue weighted by atomic mass is 16.3. The molecule has 0 saturated heterocycles. The van der Waals surface area contributed by atoms with Gasteiger partial charge < -0.3 is 0 Å². The normalized spacial score (nSPS) is 36.6. The summed E-state index contributed by atoms with van der Waals surface area (Å²) in [6, 6.07) is 0. The van der Waals surface area contributed by atoms with Gasteiger partial charge in [-0.25, -0.2) is 0 Å². The molecule has 0 N–H and O–H groups in total. The number of hydrogen-bond donors (Lipinski definition) is 0. The van der Waals surface area contributed by atoms with E-state index in [4.69, 9.17) is 0 Å². The average molecular weight is 155 g/mol. The highest BCUT2D eigenvalue weighted by molar-refractivity contribution is 4.92. The molecule has 1 aliphatic carbocycles. The molecule has 11 heavy (non-hydrogen) atoms. The van der Waals surface area contributed by atoms with Gasteiger partial charge in [0.1, 0.15) is 5.54 Å². The first-order valence-corrected chi connectivity index (χ1v) is 4.32. The summed E-state index contributed by atoms with van der Waals surface area (Å²) in [5.74, 6) is 0. The van der Waals surface area contributed by atoms with E-state index in [-0.39, 0.29) is 5.54 Å². The number of hydrogen-bond acceptors (Lipinski definition) is 2. The minimum atomic E-state index is -0.276. The van der Waals surface area contributed by atoms with Gasteiger partial charge in [-0.15, -0.1) is 0 Å². The van der Waals surface area contributed by atoms with Crippen molar-refractivity contribution >= 4 is 0 Å². The molecular formula is C9H17NO. The van der Waals surface area contributed by atoms with Crippen molar-refractivity contribution in [1.82, 2.24) is 0 Å². The van der Waals surface area contributed by atoms with Gasteiger partial charge in [0.15, 0.2) is 0 Å². The summed E-state index contributed by atoms with van der Waals surface area (Å²) < 4.78 is 0. The third-order valence-electron chi connectivity index (χ3n) is 2.65. The van der Waals surface area contributed by atoms with Crippen LogP contribution in [0, 0.1) is 10.3 Å². The van der Waals surface area contributed by atoms with Gasteiger partial charge in [0.25, 0.3) is 0 Å². The zero-order valence-corrected chi connectivity index (χ0v) is 7.68. The van der Waals surface area contributed by atoms with E-state index >= 15 is 0 Å². The molecule has 0 aromatic rings. The first-order chi connectivity index (χ1) is 4.97. The molecule has 0 spiro atoms. The van der Waals surface area contributed by atoms with E-state index in [0.717, 1.165) is 19.3 Å². The monoisotopic (exact) mass is 155 g/mol. The minimum Gasteiger partial charge on any atom is -0.150 e. The Morgan fingerprint density at radius 2 is 1.82 bits per heavy atom. The maximum atomic E-state index is 10.5. The van der Waals surface area contributed by atoms with Crippen LogP contribution in [0.4, 0.5) is 0 Å². The molecule has 1 unspecified atom stereocenters. The van der Waals surface area contributed by atoms with Gasteiger partial charge in [-0.2, -0.15) is 4.91 Å². The molecule has 0 amide bonds. The summed E-state index contributed by atoms with van der Waals surface area (Å²) in [4.78, 5) is 10.5. The van der Waals surface area contributed by atoms with Crippen LogP contribution in [0.15, 0.2) is 5.18 Å². The van der Waals surface area contributed by atoms with Crippen LogP contribution in [-0.4, -0.2) is 5.54 Å². The largest absolute Gasteiger partial charge is 0.150 e. The molecule has 0 bridgehead atoms. The molecule has 2 nitrogen and oxygen atoms in total. The van der Waals surface area contributed by atoms with Gasteiger partial charge in [-0.3, -0.25) is 0 Å². The lowest BCUT2D eigenvalue weighted by Gasteiger charge is -2.38. The summed E-state index contributed by atoms with van der Waals surface area (Å²) in [5, 5.41) is 3.23. The predicted octanol–water partition coefficient (Wildman–Crippen LogP) is 3.11. The van der Waals surface area contributed by atoms with E-state index < -0.39 is 0 Å². The third-order valence-corrected chi connectivity index (χ3v) is 2.65. The maximum absolute atomic E-state index is 10.5. The fraction of sp³-hybridized carbons (Fsp3) is 1.00. The van der Waals surface area contributed by atoms with Crippen LogP contribution >= 0.6 is 0 Å². The van der Waals surface area contributed by atoms with Crippen molar-refractivity contribution in [3.63, 3.8) is 0 Å². The lowest BCUT2D eigenvalue weighted by Crippen LogP contribution is -2.34. The molecule has 1 atom stereocenters. The van der Waals surface area contributed by atoms with Gasteiger partial charge in [-0.1, -0.05) is 25.4 Å². The van der Waals surface area contributed by atoms with Crippen molar-refractivity contribution < 1.29 is 0 Å².